The zero-order valence-electron chi connectivity index (χ0n) is 19.6. The maximum Gasteiger partial charge on any atom is 0.261 e. The number of carbonyl (C=O) groups excluding carboxylic acids is 2. The molecule has 0 saturated carbocycles. The highest BCUT2D eigenvalue weighted by molar-refractivity contribution is 7.92. The maximum atomic E-state index is 13.2. The molecule has 0 aliphatic carbocycles. The van der Waals surface area contributed by atoms with Crippen molar-refractivity contribution >= 4 is 27.5 Å². The number of likely N-dealkylation sites (tertiary alicyclic amines) is 1. The van der Waals surface area contributed by atoms with Crippen molar-refractivity contribution in [2.75, 3.05) is 17.8 Å². The summed E-state index contributed by atoms with van der Waals surface area (Å²) in [5.74, 6) is -0.562. The van der Waals surface area contributed by atoms with Crippen molar-refractivity contribution < 1.29 is 18.0 Å². The van der Waals surface area contributed by atoms with Crippen LogP contribution >= 0.6 is 0 Å². The molecular weight excluding hydrogens is 462 g/mol. The first kappa shape index (κ1) is 24.5. The fourth-order valence-corrected chi connectivity index (χ4v) is 5.18. The Balaban J connectivity index is 1.40. The van der Waals surface area contributed by atoms with Crippen molar-refractivity contribution in [2.45, 2.75) is 31.2 Å². The number of piperidine rings is 1. The summed E-state index contributed by atoms with van der Waals surface area (Å²) in [6.07, 6.45) is 1.45. The van der Waals surface area contributed by atoms with Crippen molar-refractivity contribution in [3.63, 3.8) is 0 Å². The Hall–Kier alpha value is -3.65. The Bertz CT molecular complexity index is 1290. The topological polar surface area (TPSA) is 95.6 Å². The van der Waals surface area contributed by atoms with Gasteiger partial charge in [0, 0.05) is 30.9 Å². The number of anilines is 1. The Labute approximate surface area is 206 Å². The molecule has 1 aliphatic rings. The molecule has 7 nitrogen and oxygen atoms in total. The molecule has 4 rings (SSSR count). The van der Waals surface area contributed by atoms with Crippen molar-refractivity contribution in [2.24, 2.45) is 5.92 Å². The number of rotatable bonds is 7. The zero-order chi connectivity index (χ0) is 24.8. The number of carbonyl (C=O) groups is 2. The number of aryl methyl sites for hydroxylation is 1. The lowest BCUT2D eigenvalue weighted by atomic mass is 9.96. The van der Waals surface area contributed by atoms with E-state index in [1.54, 1.807) is 47.4 Å². The molecule has 1 saturated heterocycles. The summed E-state index contributed by atoms with van der Waals surface area (Å²) in [4.78, 5) is 27.7. The number of nitrogens with zero attached hydrogens (tertiary/aromatic N) is 1. The number of hydrogen-bond acceptors (Lipinski definition) is 4. The van der Waals surface area contributed by atoms with E-state index in [1.807, 2.05) is 37.3 Å². The van der Waals surface area contributed by atoms with Crippen LogP contribution in [0.15, 0.2) is 83.8 Å². The monoisotopic (exact) mass is 491 g/mol. The van der Waals surface area contributed by atoms with E-state index >= 15 is 0 Å². The minimum absolute atomic E-state index is 0.0639. The molecule has 1 fully saturated rings. The van der Waals surface area contributed by atoms with E-state index < -0.39 is 10.0 Å². The fraction of sp³-hybridized carbons (Fsp3) is 0.259. The van der Waals surface area contributed by atoms with E-state index in [0.29, 0.717) is 30.9 Å². The summed E-state index contributed by atoms with van der Waals surface area (Å²) in [7, 11) is -3.77. The average Bonchev–Trinajstić information content (AvgIpc) is 2.87. The number of amides is 2. The van der Waals surface area contributed by atoms with Crippen molar-refractivity contribution in [3.8, 4) is 0 Å². The molecule has 2 amide bonds. The largest absolute Gasteiger partial charge is 0.352 e. The van der Waals surface area contributed by atoms with Gasteiger partial charge in [0.1, 0.15) is 0 Å². The molecule has 3 aromatic carbocycles. The molecule has 2 N–H and O–H groups in total. The van der Waals surface area contributed by atoms with E-state index in [2.05, 4.69) is 10.0 Å². The van der Waals surface area contributed by atoms with Crippen LogP contribution in [0.3, 0.4) is 0 Å². The van der Waals surface area contributed by atoms with Gasteiger partial charge in [-0.3, -0.25) is 14.3 Å². The number of hydrogen-bond donors (Lipinski definition) is 2. The van der Waals surface area contributed by atoms with Gasteiger partial charge in [0.05, 0.1) is 10.8 Å². The van der Waals surface area contributed by atoms with Crippen LogP contribution in [-0.2, 0) is 21.4 Å². The highest BCUT2D eigenvalue weighted by atomic mass is 32.2. The highest BCUT2D eigenvalue weighted by Gasteiger charge is 2.29. The SMILES string of the molecule is Cc1ccc(S(=O)(=O)Nc2cccc(C(=O)N3CCC[C@H](C(=O)NCc4ccccc4)C3)c2)cc1. The van der Waals surface area contributed by atoms with Gasteiger partial charge in [0.15, 0.2) is 0 Å². The van der Waals surface area contributed by atoms with Crippen LogP contribution in [-0.4, -0.2) is 38.2 Å². The van der Waals surface area contributed by atoms with Crippen LogP contribution in [0.2, 0.25) is 0 Å². The van der Waals surface area contributed by atoms with E-state index in [0.717, 1.165) is 24.0 Å². The third-order valence-electron chi connectivity index (χ3n) is 6.08. The lowest BCUT2D eigenvalue weighted by Gasteiger charge is -2.32. The van der Waals surface area contributed by atoms with Crippen molar-refractivity contribution in [1.29, 1.82) is 0 Å². The summed E-state index contributed by atoms with van der Waals surface area (Å²) in [5, 5.41) is 2.97. The summed E-state index contributed by atoms with van der Waals surface area (Å²) in [6.45, 7) is 3.23. The van der Waals surface area contributed by atoms with Crippen molar-refractivity contribution in [1.82, 2.24) is 10.2 Å². The smallest absolute Gasteiger partial charge is 0.261 e. The van der Waals surface area contributed by atoms with Gasteiger partial charge in [-0.2, -0.15) is 0 Å². The molecule has 182 valence electrons. The molecule has 8 heteroatoms. The number of benzene rings is 3. The van der Waals surface area contributed by atoms with E-state index in [9.17, 15) is 18.0 Å². The summed E-state index contributed by atoms with van der Waals surface area (Å²) in [5.41, 5.74) is 2.67. The molecule has 1 heterocycles. The standard InChI is InChI=1S/C27H29N3O4S/c1-20-12-14-25(15-13-20)35(33,34)29-24-11-5-9-22(17-24)27(32)30-16-6-10-23(19-30)26(31)28-18-21-7-3-2-4-8-21/h2-5,7-9,11-15,17,23,29H,6,10,16,18-19H2,1H3,(H,28,31)/t23-/m0/s1. The zero-order valence-corrected chi connectivity index (χ0v) is 20.4. The first-order valence-electron chi connectivity index (χ1n) is 11.6. The Morgan fingerprint density at radius 3 is 2.46 bits per heavy atom. The summed E-state index contributed by atoms with van der Waals surface area (Å²) >= 11 is 0. The van der Waals surface area contributed by atoms with Gasteiger partial charge < -0.3 is 10.2 Å². The second kappa shape index (κ2) is 10.7. The quantitative estimate of drug-likeness (QED) is 0.523. The molecule has 0 unspecified atom stereocenters. The van der Waals surface area contributed by atoms with Crippen molar-refractivity contribution in [3.05, 3.63) is 95.6 Å². The Morgan fingerprint density at radius 1 is 0.971 bits per heavy atom. The lowest BCUT2D eigenvalue weighted by molar-refractivity contribution is -0.126. The van der Waals surface area contributed by atoms with Crippen LogP contribution in [0.1, 0.15) is 34.3 Å². The molecule has 1 aliphatic heterocycles. The van der Waals surface area contributed by atoms with Gasteiger partial charge in [-0.1, -0.05) is 54.1 Å². The molecule has 0 radical (unpaired) electrons. The fourth-order valence-electron chi connectivity index (χ4n) is 4.13. The second-order valence-corrected chi connectivity index (χ2v) is 10.5. The number of sulfonamides is 1. The van der Waals surface area contributed by atoms with Gasteiger partial charge in [0.2, 0.25) is 5.91 Å². The lowest BCUT2D eigenvalue weighted by Crippen LogP contribution is -2.45. The van der Waals surface area contributed by atoms with Gasteiger partial charge in [-0.15, -0.1) is 0 Å². The molecule has 0 bridgehead atoms. The minimum Gasteiger partial charge on any atom is -0.352 e. The molecule has 0 spiro atoms. The van der Waals surface area contributed by atoms with Crippen LogP contribution < -0.4 is 10.0 Å². The predicted octanol–water partition coefficient (Wildman–Crippen LogP) is 3.96. The second-order valence-electron chi connectivity index (χ2n) is 8.79. The Kier molecular flexibility index (Phi) is 7.51. The van der Waals surface area contributed by atoms with Gasteiger partial charge in [-0.05, 0) is 55.7 Å². The summed E-state index contributed by atoms with van der Waals surface area (Å²) in [6, 6.07) is 22.7. The van der Waals surface area contributed by atoms with Crippen LogP contribution in [0, 0.1) is 12.8 Å². The molecule has 0 aromatic heterocycles. The first-order chi connectivity index (χ1) is 16.8. The molecule has 35 heavy (non-hydrogen) atoms. The first-order valence-corrected chi connectivity index (χ1v) is 13.1. The van der Waals surface area contributed by atoms with Crippen LogP contribution in [0.4, 0.5) is 5.69 Å². The Morgan fingerprint density at radius 2 is 1.71 bits per heavy atom. The van der Waals surface area contributed by atoms with Gasteiger partial charge in [0.25, 0.3) is 15.9 Å². The predicted molar refractivity (Wildman–Crippen MR) is 135 cm³/mol. The number of nitrogens with one attached hydrogen (secondary N) is 2. The third-order valence-corrected chi connectivity index (χ3v) is 7.48. The summed E-state index contributed by atoms with van der Waals surface area (Å²) < 4.78 is 28.0. The highest BCUT2D eigenvalue weighted by Crippen LogP contribution is 2.22. The average molecular weight is 492 g/mol. The van der Waals surface area contributed by atoms with E-state index in [1.165, 1.54) is 6.07 Å². The maximum absolute atomic E-state index is 13.2. The van der Waals surface area contributed by atoms with E-state index in [-0.39, 0.29) is 22.6 Å². The van der Waals surface area contributed by atoms with E-state index in [4.69, 9.17) is 0 Å². The van der Waals surface area contributed by atoms with Crippen LogP contribution in [0.25, 0.3) is 0 Å². The third kappa shape index (κ3) is 6.27. The van der Waals surface area contributed by atoms with Gasteiger partial charge in [-0.25, -0.2) is 8.42 Å². The van der Waals surface area contributed by atoms with Crippen LogP contribution in [0.5, 0.6) is 0 Å². The molecule has 1 atom stereocenters. The minimum atomic E-state index is -3.77. The molecule has 3 aromatic rings. The van der Waals surface area contributed by atoms with Gasteiger partial charge >= 0.3 is 0 Å². The molecular formula is C27H29N3O4S. The normalized spacial score (nSPS) is 15.9.